The Kier molecular flexibility index (Phi) is 2.30. The Balaban J connectivity index is 1.66. The van der Waals surface area contributed by atoms with E-state index in [1.807, 2.05) is 18.2 Å². The molecule has 0 atom stereocenters. The Bertz CT molecular complexity index is 325. The third-order valence-electron chi connectivity index (χ3n) is 3.33. The highest BCUT2D eigenvalue weighted by molar-refractivity contribution is 6.63. The largest absolute Gasteiger partial charge is 0.497 e. The second kappa shape index (κ2) is 3.65. The van der Waals surface area contributed by atoms with Gasteiger partial charge < -0.3 is 9.31 Å². The molecule has 78 valence electrons. The highest BCUT2D eigenvalue weighted by Crippen LogP contribution is 2.39. The van der Waals surface area contributed by atoms with Gasteiger partial charge in [0.15, 0.2) is 0 Å². The number of hydrogen-bond donors (Lipinski definition) is 0. The van der Waals surface area contributed by atoms with Crippen molar-refractivity contribution in [2.24, 2.45) is 0 Å². The first-order chi connectivity index (χ1) is 7.38. The fourth-order valence-corrected chi connectivity index (χ4v) is 2.47. The zero-order chi connectivity index (χ0) is 10.1. The lowest BCUT2D eigenvalue weighted by Gasteiger charge is -2.48. The fourth-order valence-electron chi connectivity index (χ4n) is 2.47. The molecule has 15 heavy (non-hydrogen) atoms. The van der Waals surface area contributed by atoms with Crippen LogP contribution in [-0.4, -0.2) is 12.9 Å². The molecule has 0 N–H and O–H groups in total. The van der Waals surface area contributed by atoms with Crippen LogP contribution in [0.1, 0.15) is 32.1 Å². The molecule has 1 aliphatic heterocycles. The molecule has 2 aliphatic rings. The first-order valence-corrected chi connectivity index (χ1v) is 5.79. The Labute approximate surface area is 90.7 Å². The van der Waals surface area contributed by atoms with Crippen molar-refractivity contribution < 1.29 is 9.31 Å². The number of benzene rings is 1. The van der Waals surface area contributed by atoms with Crippen molar-refractivity contribution in [1.82, 2.24) is 0 Å². The maximum absolute atomic E-state index is 5.93. The molecule has 3 rings (SSSR count). The van der Waals surface area contributed by atoms with Gasteiger partial charge in [0, 0.05) is 0 Å². The molecular formula is C12H15BO2. The zero-order valence-corrected chi connectivity index (χ0v) is 8.82. The molecule has 1 spiro atoms. The minimum Gasteiger partial charge on any atom is -0.380 e. The Hall–Kier alpha value is -0.795. The summed E-state index contributed by atoms with van der Waals surface area (Å²) in [5.74, 6) is -0.223. The van der Waals surface area contributed by atoms with Crippen LogP contribution in [0.2, 0.25) is 0 Å². The molecule has 3 heteroatoms. The maximum Gasteiger partial charge on any atom is 0.497 e. The van der Waals surface area contributed by atoms with E-state index in [2.05, 4.69) is 12.1 Å². The van der Waals surface area contributed by atoms with E-state index in [1.54, 1.807) is 0 Å². The van der Waals surface area contributed by atoms with Crippen LogP contribution in [0.5, 0.6) is 0 Å². The normalized spacial score (nSPS) is 23.9. The SMILES string of the molecule is c1ccc(B2OC3(CCCCC3)O2)cc1. The average Bonchev–Trinajstić information content (AvgIpc) is 2.28. The van der Waals surface area contributed by atoms with Crippen molar-refractivity contribution in [1.29, 1.82) is 0 Å². The van der Waals surface area contributed by atoms with Crippen molar-refractivity contribution in [3.8, 4) is 0 Å². The summed E-state index contributed by atoms with van der Waals surface area (Å²) in [4.78, 5) is 0. The molecule has 1 saturated carbocycles. The molecule has 1 saturated heterocycles. The Morgan fingerprint density at radius 2 is 1.60 bits per heavy atom. The van der Waals surface area contributed by atoms with Crippen molar-refractivity contribution >= 4 is 12.6 Å². The molecular weight excluding hydrogens is 187 g/mol. The lowest BCUT2D eigenvalue weighted by molar-refractivity contribution is -0.230. The second-order valence-corrected chi connectivity index (χ2v) is 4.45. The lowest BCUT2D eigenvalue weighted by Crippen LogP contribution is -2.62. The minimum absolute atomic E-state index is 0.121. The van der Waals surface area contributed by atoms with Crippen molar-refractivity contribution in [3.05, 3.63) is 30.3 Å². The monoisotopic (exact) mass is 202 g/mol. The summed E-state index contributed by atoms with van der Waals surface area (Å²) in [6.45, 7) is 0. The van der Waals surface area contributed by atoms with E-state index in [9.17, 15) is 0 Å². The molecule has 0 amide bonds. The van der Waals surface area contributed by atoms with Gasteiger partial charge in [0.2, 0.25) is 0 Å². The molecule has 0 unspecified atom stereocenters. The smallest absolute Gasteiger partial charge is 0.380 e. The molecule has 0 radical (unpaired) electrons. The number of rotatable bonds is 1. The van der Waals surface area contributed by atoms with E-state index in [1.165, 1.54) is 19.3 Å². The summed E-state index contributed by atoms with van der Waals surface area (Å²) in [6, 6.07) is 10.2. The molecule has 0 aromatic heterocycles. The Morgan fingerprint density at radius 1 is 0.933 bits per heavy atom. The van der Waals surface area contributed by atoms with Gasteiger partial charge in [-0.2, -0.15) is 0 Å². The standard InChI is InChI=1S/C12H15BO2/c1-3-7-11(8-4-1)13-14-12(15-13)9-5-2-6-10-12/h1,3-4,7-8H,2,5-6,9-10H2. The molecule has 0 bridgehead atoms. The molecule has 1 aromatic rings. The summed E-state index contributed by atoms with van der Waals surface area (Å²) in [5, 5.41) is 0. The van der Waals surface area contributed by atoms with E-state index in [4.69, 9.17) is 9.31 Å². The van der Waals surface area contributed by atoms with E-state index in [0.717, 1.165) is 18.3 Å². The van der Waals surface area contributed by atoms with Crippen molar-refractivity contribution in [2.45, 2.75) is 37.9 Å². The van der Waals surface area contributed by atoms with Gasteiger partial charge >= 0.3 is 7.12 Å². The quantitative estimate of drug-likeness (QED) is 0.649. The van der Waals surface area contributed by atoms with Crippen LogP contribution in [0.3, 0.4) is 0 Å². The van der Waals surface area contributed by atoms with Gasteiger partial charge in [-0.1, -0.05) is 36.8 Å². The topological polar surface area (TPSA) is 18.5 Å². The first kappa shape index (κ1) is 9.43. The number of hydrogen-bond acceptors (Lipinski definition) is 2. The summed E-state index contributed by atoms with van der Waals surface area (Å²) >= 11 is 0. The van der Waals surface area contributed by atoms with Gasteiger partial charge in [-0.25, -0.2) is 0 Å². The maximum atomic E-state index is 5.93. The van der Waals surface area contributed by atoms with Crippen LogP contribution >= 0.6 is 0 Å². The summed E-state index contributed by atoms with van der Waals surface area (Å²) in [5.41, 5.74) is 1.13. The van der Waals surface area contributed by atoms with Crippen LogP contribution < -0.4 is 5.46 Å². The molecule has 2 nitrogen and oxygen atoms in total. The van der Waals surface area contributed by atoms with Gasteiger partial charge in [0.05, 0.1) is 0 Å². The Morgan fingerprint density at radius 3 is 2.27 bits per heavy atom. The highest BCUT2D eigenvalue weighted by atomic mass is 16.8. The average molecular weight is 202 g/mol. The summed E-state index contributed by atoms with van der Waals surface area (Å²) in [6.07, 6.45) is 5.93. The molecule has 1 heterocycles. The van der Waals surface area contributed by atoms with Crippen LogP contribution in [0.25, 0.3) is 0 Å². The van der Waals surface area contributed by atoms with Crippen LogP contribution in [-0.2, 0) is 9.31 Å². The van der Waals surface area contributed by atoms with Gasteiger partial charge in [-0.15, -0.1) is 0 Å². The van der Waals surface area contributed by atoms with Gasteiger partial charge in [0.25, 0.3) is 0 Å². The summed E-state index contributed by atoms with van der Waals surface area (Å²) in [7, 11) is -0.121. The van der Waals surface area contributed by atoms with Crippen molar-refractivity contribution in [3.63, 3.8) is 0 Å². The third-order valence-corrected chi connectivity index (χ3v) is 3.33. The predicted octanol–water partition coefficient (Wildman–Crippen LogP) is 2.09. The highest BCUT2D eigenvalue weighted by Gasteiger charge is 2.50. The molecule has 2 fully saturated rings. The molecule has 1 aromatic carbocycles. The van der Waals surface area contributed by atoms with Gasteiger partial charge in [-0.05, 0) is 31.1 Å². The van der Waals surface area contributed by atoms with Gasteiger partial charge in [0.1, 0.15) is 5.79 Å². The minimum atomic E-state index is -0.223. The van der Waals surface area contributed by atoms with Crippen LogP contribution in [0.15, 0.2) is 30.3 Å². The van der Waals surface area contributed by atoms with Gasteiger partial charge in [-0.3, -0.25) is 0 Å². The van der Waals surface area contributed by atoms with E-state index >= 15 is 0 Å². The third kappa shape index (κ3) is 1.70. The van der Waals surface area contributed by atoms with Crippen LogP contribution in [0.4, 0.5) is 0 Å². The van der Waals surface area contributed by atoms with Crippen molar-refractivity contribution in [2.75, 3.05) is 0 Å². The second-order valence-electron chi connectivity index (χ2n) is 4.45. The molecule has 1 aliphatic carbocycles. The fraction of sp³-hybridized carbons (Fsp3) is 0.500. The lowest BCUT2D eigenvalue weighted by atomic mass is 9.72. The summed E-state index contributed by atoms with van der Waals surface area (Å²) < 4.78 is 11.9. The van der Waals surface area contributed by atoms with Crippen LogP contribution in [0, 0.1) is 0 Å². The van der Waals surface area contributed by atoms with E-state index in [0.29, 0.717) is 0 Å². The zero-order valence-electron chi connectivity index (χ0n) is 8.82. The first-order valence-electron chi connectivity index (χ1n) is 5.79. The van der Waals surface area contributed by atoms with E-state index in [-0.39, 0.29) is 12.9 Å². The predicted molar refractivity (Wildman–Crippen MR) is 59.8 cm³/mol. The van der Waals surface area contributed by atoms with E-state index < -0.39 is 0 Å².